The molecule has 2 fully saturated rings. The second-order valence-corrected chi connectivity index (χ2v) is 7.44. The lowest BCUT2D eigenvalue weighted by Gasteiger charge is -2.11. The number of alkyl halides is 3. The van der Waals surface area contributed by atoms with Crippen molar-refractivity contribution < 1.29 is 32.7 Å². The lowest BCUT2D eigenvalue weighted by Crippen LogP contribution is -2.33. The average Bonchev–Trinajstić information content (AvgIpc) is 3.44. The number of likely N-dealkylation sites (N-methyl/N-ethyl adjacent to an activating group) is 1. The molecule has 2 aromatic heterocycles. The first-order chi connectivity index (χ1) is 15.0. The Hall–Kier alpha value is -3.77. The van der Waals surface area contributed by atoms with Crippen molar-refractivity contribution in [1.82, 2.24) is 29.5 Å². The average molecular weight is 450 g/mol. The van der Waals surface area contributed by atoms with Crippen LogP contribution in [0, 0.1) is 0 Å². The number of carboxylic acid groups (broad SMARTS) is 1. The number of carbonyl (C=O) groups is 3. The van der Waals surface area contributed by atoms with E-state index in [0.29, 0.717) is 5.69 Å². The molecule has 1 N–H and O–H groups in total. The van der Waals surface area contributed by atoms with Crippen LogP contribution in [0.4, 0.5) is 18.0 Å². The molecule has 1 aliphatic heterocycles. The monoisotopic (exact) mass is 450 g/mol. The van der Waals surface area contributed by atoms with Crippen molar-refractivity contribution in [1.29, 1.82) is 0 Å². The van der Waals surface area contributed by atoms with Crippen LogP contribution in [0.1, 0.15) is 36.6 Å². The Morgan fingerprint density at radius 3 is 2.62 bits per heavy atom. The Balaban J connectivity index is 1.63. The van der Waals surface area contributed by atoms with Crippen LogP contribution in [-0.2, 0) is 15.8 Å². The zero-order valence-corrected chi connectivity index (χ0v) is 16.7. The molecule has 0 bridgehead atoms. The van der Waals surface area contributed by atoms with Gasteiger partial charge >= 0.3 is 18.2 Å². The highest BCUT2D eigenvalue weighted by Crippen LogP contribution is 2.41. The number of hydrogen-bond donors (Lipinski definition) is 1. The zero-order chi connectivity index (χ0) is 23.2. The SMILES string of the molecule is CN1C(=O)N(CCC(=O)O)C(=O)C1=Cn1cnc(-c2cc(C3CC3)nc(C(F)(F)F)c2)n1. The van der Waals surface area contributed by atoms with E-state index in [1.165, 1.54) is 25.6 Å². The number of amides is 3. The van der Waals surface area contributed by atoms with Crippen molar-refractivity contribution >= 4 is 24.1 Å². The smallest absolute Gasteiger partial charge is 0.433 e. The van der Waals surface area contributed by atoms with E-state index in [0.717, 1.165) is 33.4 Å². The third kappa shape index (κ3) is 4.18. The molecule has 2 aliphatic rings. The van der Waals surface area contributed by atoms with Crippen molar-refractivity contribution in [3.63, 3.8) is 0 Å². The fraction of sp³-hybridized carbons (Fsp3) is 0.368. The first-order valence-corrected chi connectivity index (χ1v) is 9.58. The molecule has 0 spiro atoms. The van der Waals surface area contributed by atoms with Crippen LogP contribution < -0.4 is 0 Å². The number of carboxylic acids is 1. The van der Waals surface area contributed by atoms with E-state index in [1.54, 1.807) is 0 Å². The largest absolute Gasteiger partial charge is 0.481 e. The number of urea groups is 1. The van der Waals surface area contributed by atoms with Gasteiger partial charge in [0.2, 0.25) is 0 Å². The summed E-state index contributed by atoms with van der Waals surface area (Å²) in [5, 5.41) is 12.9. The molecule has 168 valence electrons. The summed E-state index contributed by atoms with van der Waals surface area (Å²) >= 11 is 0. The van der Waals surface area contributed by atoms with E-state index >= 15 is 0 Å². The van der Waals surface area contributed by atoms with Gasteiger partial charge in [0, 0.05) is 30.8 Å². The molecule has 0 unspecified atom stereocenters. The predicted molar refractivity (Wildman–Crippen MR) is 102 cm³/mol. The highest BCUT2D eigenvalue weighted by atomic mass is 19.4. The van der Waals surface area contributed by atoms with Crippen LogP contribution >= 0.6 is 0 Å². The van der Waals surface area contributed by atoms with Gasteiger partial charge in [-0.05, 0) is 25.0 Å². The molecule has 0 radical (unpaired) electrons. The van der Waals surface area contributed by atoms with Gasteiger partial charge in [0.1, 0.15) is 17.7 Å². The third-order valence-corrected chi connectivity index (χ3v) is 5.05. The maximum atomic E-state index is 13.3. The Labute approximate surface area is 179 Å². The van der Waals surface area contributed by atoms with Crippen molar-refractivity contribution in [2.45, 2.75) is 31.4 Å². The Bertz CT molecular complexity index is 1140. The van der Waals surface area contributed by atoms with E-state index in [4.69, 9.17) is 5.11 Å². The van der Waals surface area contributed by atoms with Gasteiger partial charge in [-0.2, -0.15) is 13.2 Å². The van der Waals surface area contributed by atoms with Gasteiger partial charge in [0.05, 0.1) is 12.6 Å². The molecule has 1 saturated heterocycles. The number of nitrogens with zero attached hydrogens (tertiary/aromatic N) is 6. The van der Waals surface area contributed by atoms with Gasteiger partial charge in [-0.25, -0.2) is 19.4 Å². The van der Waals surface area contributed by atoms with Crippen molar-refractivity contribution in [3.8, 4) is 11.4 Å². The molecule has 0 atom stereocenters. The number of aliphatic carboxylic acids is 1. The Kier molecular flexibility index (Phi) is 5.18. The number of halogens is 3. The van der Waals surface area contributed by atoms with E-state index in [2.05, 4.69) is 15.1 Å². The highest BCUT2D eigenvalue weighted by molar-refractivity contribution is 6.13. The minimum Gasteiger partial charge on any atom is -0.481 e. The van der Waals surface area contributed by atoms with Gasteiger partial charge in [-0.1, -0.05) is 0 Å². The third-order valence-electron chi connectivity index (χ3n) is 5.05. The fourth-order valence-electron chi connectivity index (χ4n) is 3.21. The number of rotatable bonds is 6. The normalized spacial score (nSPS) is 18.2. The van der Waals surface area contributed by atoms with Crippen LogP contribution in [0.3, 0.4) is 0 Å². The Morgan fingerprint density at radius 1 is 1.28 bits per heavy atom. The predicted octanol–water partition coefficient (Wildman–Crippen LogP) is 2.40. The van der Waals surface area contributed by atoms with Crippen LogP contribution in [0.25, 0.3) is 17.6 Å². The maximum absolute atomic E-state index is 13.3. The van der Waals surface area contributed by atoms with Crippen LogP contribution in [0.15, 0.2) is 24.2 Å². The summed E-state index contributed by atoms with van der Waals surface area (Å²) in [5.74, 6) is -1.89. The van der Waals surface area contributed by atoms with Crippen LogP contribution in [0.2, 0.25) is 0 Å². The van der Waals surface area contributed by atoms with Crippen molar-refractivity contribution in [3.05, 3.63) is 35.5 Å². The molecule has 32 heavy (non-hydrogen) atoms. The Morgan fingerprint density at radius 2 is 2.00 bits per heavy atom. The quantitative estimate of drug-likeness (QED) is 0.530. The first-order valence-electron chi connectivity index (χ1n) is 9.58. The summed E-state index contributed by atoms with van der Waals surface area (Å²) in [5.41, 5.74) is -0.648. The molecule has 3 amide bonds. The van der Waals surface area contributed by atoms with Crippen molar-refractivity contribution in [2.75, 3.05) is 13.6 Å². The number of aromatic nitrogens is 4. The molecule has 10 nitrogen and oxygen atoms in total. The minimum atomic E-state index is -4.62. The van der Waals surface area contributed by atoms with Crippen molar-refractivity contribution in [2.24, 2.45) is 0 Å². The molecular formula is C19H17F3N6O4. The number of hydrogen-bond acceptors (Lipinski definition) is 6. The number of carbonyl (C=O) groups excluding carboxylic acids is 2. The molecule has 4 rings (SSSR count). The van der Waals surface area contributed by atoms with Gasteiger partial charge in [-0.15, -0.1) is 5.10 Å². The topological polar surface area (TPSA) is 122 Å². The van der Waals surface area contributed by atoms with E-state index in [9.17, 15) is 27.6 Å². The second kappa shape index (κ2) is 7.73. The van der Waals surface area contributed by atoms with Gasteiger partial charge in [0.25, 0.3) is 5.91 Å². The summed E-state index contributed by atoms with van der Waals surface area (Å²) in [7, 11) is 1.34. The van der Waals surface area contributed by atoms with Crippen LogP contribution in [-0.4, -0.2) is 66.2 Å². The zero-order valence-electron chi connectivity index (χ0n) is 16.7. The highest BCUT2D eigenvalue weighted by Gasteiger charge is 2.39. The standard InChI is InChI=1S/C19H17F3N6O4/c1-26-13(17(31)28(18(26)32)5-4-15(29)30)8-27-9-23-16(25-27)11-6-12(10-2-3-10)24-14(7-11)19(20,21)22/h6-10H,2-5H2,1H3,(H,29,30). The molecule has 1 saturated carbocycles. The fourth-order valence-corrected chi connectivity index (χ4v) is 3.21. The summed E-state index contributed by atoms with van der Waals surface area (Å²) in [4.78, 5) is 45.0. The summed E-state index contributed by atoms with van der Waals surface area (Å²) in [6.07, 6.45) is -1.10. The summed E-state index contributed by atoms with van der Waals surface area (Å²) in [6.45, 7) is -0.293. The van der Waals surface area contributed by atoms with Gasteiger partial charge in [0.15, 0.2) is 5.82 Å². The van der Waals surface area contributed by atoms with E-state index in [-0.39, 0.29) is 29.5 Å². The van der Waals surface area contributed by atoms with E-state index in [1.807, 2.05) is 0 Å². The second-order valence-electron chi connectivity index (χ2n) is 7.44. The first kappa shape index (κ1) is 21.5. The lowest BCUT2D eigenvalue weighted by atomic mass is 10.1. The maximum Gasteiger partial charge on any atom is 0.433 e. The molecule has 0 aromatic carbocycles. The van der Waals surface area contributed by atoms with Gasteiger partial charge in [-0.3, -0.25) is 19.4 Å². The molecular weight excluding hydrogens is 433 g/mol. The molecule has 2 aromatic rings. The molecule has 1 aliphatic carbocycles. The molecule has 3 heterocycles. The minimum absolute atomic E-state index is 0.00110. The van der Waals surface area contributed by atoms with E-state index < -0.39 is 36.2 Å². The summed E-state index contributed by atoms with van der Waals surface area (Å²) in [6, 6.07) is 1.69. The number of imide groups is 1. The van der Waals surface area contributed by atoms with Crippen LogP contribution in [0.5, 0.6) is 0 Å². The lowest BCUT2D eigenvalue weighted by molar-refractivity contribution is -0.141. The van der Waals surface area contributed by atoms with Gasteiger partial charge < -0.3 is 5.11 Å². The number of pyridine rings is 1. The summed E-state index contributed by atoms with van der Waals surface area (Å²) < 4.78 is 40.9. The molecule has 13 heteroatoms.